The van der Waals surface area contributed by atoms with Crippen molar-refractivity contribution in [1.29, 1.82) is 0 Å². The number of methoxy groups -OCH3 is 3. The summed E-state index contributed by atoms with van der Waals surface area (Å²) in [4.78, 5) is 0. The number of rotatable bonds is 5. The third-order valence-corrected chi connectivity index (χ3v) is 1.65. The summed E-state index contributed by atoms with van der Waals surface area (Å²) in [6.07, 6.45) is 0.159. The Morgan fingerprint density at radius 3 is 1.82 bits per heavy atom. The van der Waals surface area contributed by atoms with Gasteiger partial charge in [0.25, 0.3) is 0 Å². The average Bonchev–Trinajstić information content (AvgIpc) is 2.06. The summed E-state index contributed by atoms with van der Waals surface area (Å²) in [5.41, 5.74) is 0. The van der Waals surface area contributed by atoms with E-state index in [1.165, 1.54) is 21.3 Å². The van der Waals surface area contributed by atoms with Crippen LogP contribution in [0.4, 0.5) is 0 Å². The molecule has 0 bridgehead atoms. The lowest BCUT2D eigenvalue weighted by atomic mass is 10.2. The Morgan fingerprint density at radius 1 is 1.27 bits per heavy atom. The van der Waals surface area contributed by atoms with Crippen molar-refractivity contribution >= 4 is 0 Å². The van der Waals surface area contributed by atoms with Crippen molar-refractivity contribution in [2.45, 2.75) is 25.4 Å². The van der Waals surface area contributed by atoms with E-state index in [4.69, 9.17) is 14.2 Å². The minimum atomic E-state index is -1.62. The molecule has 0 rings (SSSR count). The first-order chi connectivity index (χ1) is 5.14. The van der Waals surface area contributed by atoms with Gasteiger partial charge >= 0.3 is 5.97 Å². The molecule has 0 saturated heterocycles. The van der Waals surface area contributed by atoms with E-state index in [1.807, 2.05) is 6.92 Å². The van der Waals surface area contributed by atoms with E-state index in [-0.39, 0.29) is 0 Å². The van der Waals surface area contributed by atoms with E-state index in [2.05, 4.69) is 0 Å². The molecule has 0 aliphatic heterocycles. The highest BCUT2D eigenvalue weighted by atomic mass is 16.8. The van der Waals surface area contributed by atoms with Crippen molar-refractivity contribution in [2.75, 3.05) is 21.3 Å². The maximum Gasteiger partial charge on any atom is 0.307 e. The van der Waals surface area contributed by atoms with Crippen LogP contribution < -0.4 is 0 Å². The molecule has 0 saturated carbocycles. The molecule has 4 nitrogen and oxygen atoms in total. The zero-order valence-electron chi connectivity index (χ0n) is 7.46. The molecule has 0 fully saturated rings. The van der Waals surface area contributed by atoms with Gasteiger partial charge in [-0.25, -0.2) is 0 Å². The molecule has 4 heteroatoms. The second kappa shape index (κ2) is 4.66. The molecule has 0 aromatic heterocycles. The second-order valence-electron chi connectivity index (χ2n) is 2.17. The normalized spacial score (nSPS) is 15.0. The fourth-order valence-electron chi connectivity index (χ4n) is 0.920. The van der Waals surface area contributed by atoms with Crippen molar-refractivity contribution in [1.82, 2.24) is 0 Å². The van der Waals surface area contributed by atoms with Crippen LogP contribution in [0.2, 0.25) is 0 Å². The number of hydrogen-bond acceptors (Lipinski definition) is 4. The number of aliphatic hydroxyl groups is 1. The second-order valence-corrected chi connectivity index (χ2v) is 2.17. The Kier molecular flexibility index (Phi) is 4.60. The Labute approximate surface area is 67.1 Å². The smallest absolute Gasteiger partial charge is 0.307 e. The molecule has 68 valence electrons. The van der Waals surface area contributed by atoms with E-state index >= 15 is 0 Å². The van der Waals surface area contributed by atoms with Crippen LogP contribution in [0.5, 0.6) is 0 Å². The minimum absolute atomic E-state index is 0.461. The predicted octanol–water partition coefficient (Wildman–Crippen LogP) is 0.350. The van der Waals surface area contributed by atoms with E-state index in [0.29, 0.717) is 6.42 Å². The molecule has 0 aromatic carbocycles. The van der Waals surface area contributed by atoms with Gasteiger partial charge in [0, 0.05) is 21.3 Å². The molecule has 0 aliphatic carbocycles. The molecule has 11 heavy (non-hydrogen) atoms. The van der Waals surface area contributed by atoms with E-state index in [1.54, 1.807) is 0 Å². The molecule has 0 radical (unpaired) electrons. The van der Waals surface area contributed by atoms with Crippen molar-refractivity contribution in [3.05, 3.63) is 0 Å². The molecule has 1 N–H and O–H groups in total. The van der Waals surface area contributed by atoms with Gasteiger partial charge in [0.1, 0.15) is 6.10 Å². The van der Waals surface area contributed by atoms with E-state index in [0.717, 1.165) is 0 Å². The number of hydrogen-bond donors (Lipinski definition) is 1. The first-order valence-electron chi connectivity index (χ1n) is 3.50. The highest BCUT2D eigenvalue weighted by Crippen LogP contribution is 2.17. The third-order valence-electron chi connectivity index (χ3n) is 1.65. The van der Waals surface area contributed by atoms with Crippen LogP contribution in [0.1, 0.15) is 13.3 Å². The van der Waals surface area contributed by atoms with Crippen molar-refractivity contribution in [3.63, 3.8) is 0 Å². The molecule has 1 atom stereocenters. The van der Waals surface area contributed by atoms with Gasteiger partial charge in [-0.05, 0) is 6.42 Å². The van der Waals surface area contributed by atoms with Gasteiger partial charge in [-0.3, -0.25) is 0 Å². The molecule has 0 amide bonds. The highest BCUT2D eigenvalue weighted by Gasteiger charge is 2.36. The summed E-state index contributed by atoms with van der Waals surface area (Å²) in [5.74, 6) is -1.62. The van der Waals surface area contributed by atoms with Crippen molar-refractivity contribution in [2.24, 2.45) is 0 Å². The summed E-state index contributed by atoms with van der Waals surface area (Å²) in [6, 6.07) is 0. The van der Waals surface area contributed by atoms with Crippen LogP contribution in [0, 0.1) is 0 Å². The maximum atomic E-state index is 9.52. The summed E-state index contributed by atoms with van der Waals surface area (Å²) in [7, 11) is 4.23. The van der Waals surface area contributed by atoms with E-state index in [9.17, 15) is 5.11 Å². The standard InChI is InChI=1S/C7H16O4/c1-5-6(9-2)7(8,10-3)11-4/h6,8H,5H2,1-4H3. The summed E-state index contributed by atoms with van der Waals surface area (Å²) in [6.45, 7) is 1.87. The van der Waals surface area contributed by atoms with Crippen LogP contribution in [-0.4, -0.2) is 38.5 Å². The summed E-state index contributed by atoms with van der Waals surface area (Å²) < 4.78 is 14.4. The van der Waals surface area contributed by atoms with Gasteiger partial charge in [-0.1, -0.05) is 6.92 Å². The Morgan fingerprint density at radius 2 is 1.73 bits per heavy atom. The zero-order chi connectivity index (χ0) is 8.91. The van der Waals surface area contributed by atoms with Gasteiger partial charge in [0.05, 0.1) is 0 Å². The molecular formula is C7H16O4. The minimum Gasteiger partial charge on any atom is -0.373 e. The summed E-state index contributed by atoms with van der Waals surface area (Å²) in [5, 5.41) is 9.52. The lowest BCUT2D eigenvalue weighted by Crippen LogP contribution is -2.46. The van der Waals surface area contributed by atoms with Crippen molar-refractivity contribution < 1.29 is 19.3 Å². The first-order valence-corrected chi connectivity index (χ1v) is 3.50. The first kappa shape index (κ1) is 10.8. The highest BCUT2D eigenvalue weighted by molar-refractivity contribution is 4.66. The lowest BCUT2D eigenvalue weighted by molar-refractivity contribution is -0.381. The molecule has 1 unspecified atom stereocenters. The van der Waals surface area contributed by atoms with Crippen LogP contribution in [0.15, 0.2) is 0 Å². The Balaban J connectivity index is 4.19. The lowest BCUT2D eigenvalue weighted by Gasteiger charge is -2.30. The molecule has 0 aliphatic rings. The van der Waals surface area contributed by atoms with Crippen LogP contribution in [0.25, 0.3) is 0 Å². The molecule has 0 heterocycles. The number of ether oxygens (including phenoxy) is 3. The summed E-state index contributed by atoms with van der Waals surface area (Å²) >= 11 is 0. The van der Waals surface area contributed by atoms with Gasteiger partial charge in [-0.2, -0.15) is 0 Å². The Bertz CT molecular complexity index is 96.6. The SMILES string of the molecule is CCC(OC)C(O)(OC)OC. The van der Waals surface area contributed by atoms with Gasteiger partial charge in [-0.15, -0.1) is 0 Å². The van der Waals surface area contributed by atoms with Crippen LogP contribution in [-0.2, 0) is 14.2 Å². The fourth-order valence-corrected chi connectivity index (χ4v) is 0.920. The Hall–Kier alpha value is -0.160. The quantitative estimate of drug-likeness (QED) is 0.596. The maximum absolute atomic E-state index is 9.52. The van der Waals surface area contributed by atoms with Gasteiger partial charge in [0.15, 0.2) is 0 Å². The topological polar surface area (TPSA) is 47.9 Å². The van der Waals surface area contributed by atoms with Gasteiger partial charge in [0.2, 0.25) is 0 Å². The zero-order valence-corrected chi connectivity index (χ0v) is 7.46. The van der Waals surface area contributed by atoms with Crippen molar-refractivity contribution in [3.8, 4) is 0 Å². The molecule has 0 spiro atoms. The van der Waals surface area contributed by atoms with Gasteiger partial charge < -0.3 is 19.3 Å². The molecular weight excluding hydrogens is 148 g/mol. The average molecular weight is 164 g/mol. The fraction of sp³-hybridized carbons (Fsp3) is 1.00. The van der Waals surface area contributed by atoms with Crippen LogP contribution >= 0.6 is 0 Å². The largest absolute Gasteiger partial charge is 0.373 e. The van der Waals surface area contributed by atoms with E-state index < -0.39 is 12.1 Å². The monoisotopic (exact) mass is 164 g/mol. The predicted molar refractivity (Wildman–Crippen MR) is 40.1 cm³/mol. The van der Waals surface area contributed by atoms with Crippen LogP contribution in [0.3, 0.4) is 0 Å². The molecule has 0 aromatic rings. The third kappa shape index (κ3) is 2.41.